The molecule has 5 heteroatoms. The normalized spacial score (nSPS) is 22.4. The zero-order valence-corrected chi connectivity index (χ0v) is 13.9. The first-order valence-corrected chi connectivity index (χ1v) is 8.40. The molecule has 1 aliphatic heterocycles. The third-order valence-electron chi connectivity index (χ3n) is 5.04. The fourth-order valence-corrected chi connectivity index (χ4v) is 3.73. The predicted octanol–water partition coefficient (Wildman–Crippen LogP) is 3.22. The van der Waals surface area contributed by atoms with E-state index in [4.69, 9.17) is 4.74 Å². The van der Waals surface area contributed by atoms with Gasteiger partial charge in [-0.25, -0.2) is 0 Å². The smallest absolute Gasteiger partial charge is 0.313 e. The summed E-state index contributed by atoms with van der Waals surface area (Å²) in [5, 5.41) is 9.96. The van der Waals surface area contributed by atoms with Crippen molar-refractivity contribution in [1.82, 2.24) is 4.90 Å². The number of fused-ring (bicyclic) bond motifs is 1. The Morgan fingerprint density at radius 1 is 1.12 bits per heavy atom. The second-order valence-corrected chi connectivity index (χ2v) is 6.56. The molecule has 2 unspecified atom stereocenters. The van der Waals surface area contributed by atoms with Crippen LogP contribution in [0.3, 0.4) is 0 Å². The fraction of sp³-hybridized carbons (Fsp3) is 0.300. The highest BCUT2D eigenvalue weighted by molar-refractivity contribution is 6.00. The number of benzene rings is 2. The van der Waals surface area contributed by atoms with Gasteiger partial charge in [0.05, 0.1) is 13.2 Å². The van der Waals surface area contributed by atoms with Crippen molar-refractivity contribution in [1.29, 1.82) is 0 Å². The summed E-state index contributed by atoms with van der Waals surface area (Å²) in [5.74, 6) is -1.05. The highest BCUT2D eigenvalue weighted by atomic mass is 16.5. The van der Waals surface area contributed by atoms with E-state index >= 15 is 0 Å². The van der Waals surface area contributed by atoms with E-state index in [-0.39, 0.29) is 11.9 Å². The summed E-state index contributed by atoms with van der Waals surface area (Å²) in [6.07, 6.45) is 1.85. The minimum atomic E-state index is -0.911. The monoisotopic (exact) mass is 337 g/mol. The third-order valence-corrected chi connectivity index (χ3v) is 5.04. The van der Waals surface area contributed by atoms with E-state index in [9.17, 15) is 14.7 Å². The van der Waals surface area contributed by atoms with Crippen LogP contribution in [0.5, 0.6) is 5.75 Å². The van der Waals surface area contributed by atoms with E-state index in [0.29, 0.717) is 16.9 Å². The number of hydrogen-bond donors (Lipinski definition) is 1. The molecule has 0 radical (unpaired) electrons. The van der Waals surface area contributed by atoms with Crippen LogP contribution in [0.1, 0.15) is 46.3 Å². The van der Waals surface area contributed by atoms with Gasteiger partial charge in [-0.05, 0) is 42.2 Å². The van der Waals surface area contributed by atoms with E-state index < -0.39 is 17.9 Å². The largest absolute Gasteiger partial charge is 0.497 e. The number of methoxy groups -OCH3 is 1. The van der Waals surface area contributed by atoms with Crippen molar-refractivity contribution in [3.63, 3.8) is 0 Å². The summed E-state index contributed by atoms with van der Waals surface area (Å²) in [5.41, 5.74) is 1.92. The van der Waals surface area contributed by atoms with Gasteiger partial charge in [0, 0.05) is 11.6 Å². The molecule has 2 aromatic rings. The van der Waals surface area contributed by atoms with Crippen molar-refractivity contribution < 1.29 is 19.4 Å². The Labute approximate surface area is 145 Å². The topological polar surface area (TPSA) is 66.8 Å². The minimum absolute atomic E-state index is 0.0728. The van der Waals surface area contributed by atoms with Crippen molar-refractivity contribution in [3.8, 4) is 5.75 Å². The second kappa shape index (κ2) is 5.92. The van der Waals surface area contributed by atoms with Crippen LogP contribution in [0.4, 0.5) is 0 Å². The van der Waals surface area contributed by atoms with Gasteiger partial charge in [-0.15, -0.1) is 0 Å². The number of hydrogen-bond acceptors (Lipinski definition) is 3. The summed E-state index contributed by atoms with van der Waals surface area (Å²) in [7, 11) is 1.59. The maximum atomic E-state index is 13.1. The second-order valence-electron chi connectivity index (χ2n) is 6.56. The molecular weight excluding hydrogens is 318 g/mol. The summed E-state index contributed by atoms with van der Waals surface area (Å²) in [6, 6.07) is 14.0. The SMILES string of the molecule is COc1ccc(C2C(C(=O)O)c3ccccc3C(=O)N2C2CC2)cc1. The number of amides is 1. The zero-order valence-electron chi connectivity index (χ0n) is 13.9. The summed E-state index contributed by atoms with van der Waals surface area (Å²) in [6.45, 7) is 0. The molecule has 1 aliphatic carbocycles. The van der Waals surface area contributed by atoms with Gasteiger partial charge in [0.15, 0.2) is 0 Å². The van der Waals surface area contributed by atoms with Crippen molar-refractivity contribution in [2.75, 3.05) is 7.11 Å². The van der Waals surface area contributed by atoms with Crippen molar-refractivity contribution in [3.05, 3.63) is 65.2 Å². The minimum Gasteiger partial charge on any atom is -0.497 e. The Kier molecular flexibility index (Phi) is 3.71. The van der Waals surface area contributed by atoms with Crippen LogP contribution in [0.15, 0.2) is 48.5 Å². The van der Waals surface area contributed by atoms with Crippen LogP contribution in [0.25, 0.3) is 0 Å². The Hall–Kier alpha value is -2.82. The number of carboxylic acids is 1. The molecule has 1 fully saturated rings. The Morgan fingerprint density at radius 3 is 2.40 bits per heavy atom. The molecule has 5 nitrogen and oxygen atoms in total. The van der Waals surface area contributed by atoms with Gasteiger partial charge < -0.3 is 14.7 Å². The van der Waals surface area contributed by atoms with E-state index in [1.165, 1.54) is 0 Å². The van der Waals surface area contributed by atoms with E-state index in [1.807, 2.05) is 24.3 Å². The lowest BCUT2D eigenvalue weighted by Crippen LogP contribution is -2.46. The molecule has 2 aliphatic rings. The molecule has 1 N–H and O–H groups in total. The highest BCUT2D eigenvalue weighted by Gasteiger charge is 2.49. The molecule has 4 rings (SSSR count). The number of aliphatic carboxylic acids is 1. The lowest BCUT2D eigenvalue weighted by molar-refractivity contribution is -0.140. The summed E-state index contributed by atoms with van der Waals surface area (Å²) < 4.78 is 5.20. The number of carboxylic acid groups (broad SMARTS) is 1. The number of carbonyl (C=O) groups is 2. The maximum Gasteiger partial charge on any atom is 0.313 e. The molecule has 128 valence electrons. The van der Waals surface area contributed by atoms with Crippen LogP contribution >= 0.6 is 0 Å². The lowest BCUT2D eigenvalue weighted by atomic mass is 9.79. The number of nitrogens with zero attached hydrogens (tertiary/aromatic N) is 1. The highest BCUT2D eigenvalue weighted by Crippen LogP contribution is 2.47. The fourth-order valence-electron chi connectivity index (χ4n) is 3.73. The van der Waals surface area contributed by atoms with Crippen LogP contribution in [-0.2, 0) is 4.79 Å². The molecular formula is C20H19NO4. The van der Waals surface area contributed by atoms with Crippen molar-refractivity contribution in [2.24, 2.45) is 0 Å². The molecule has 0 aromatic heterocycles. The van der Waals surface area contributed by atoms with Crippen molar-refractivity contribution in [2.45, 2.75) is 30.8 Å². The molecule has 1 amide bonds. The van der Waals surface area contributed by atoms with E-state index in [1.54, 1.807) is 36.3 Å². The van der Waals surface area contributed by atoms with E-state index in [2.05, 4.69) is 0 Å². The van der Waals surface area contributed by atoms with Crippen LogP contribution in [0.2, 0.25) is 0 Å². The number of rotatable bonds is 4. The van der Waals surface area contributed by atoms with Gasteiger partial charge in [0.2, 0.25) is 0 Å². The zero-order chi connectivity index (χ0) is 17.6. The Morgan fingerprint density at radius 2 is 1.80 bits per heavy atom. The van der Waals surface area contributed by atoms with E-state index in [0.717, 1.165) is 18.4 Å². The van der Waals surface area contributed by atoms with Gasteiger partial charge in [0.1, 0.15) is 11.7 Å². The van der Waals surface area contributed by atoms with Crippen LogP contribution in [-0.4, -0.2) is 35.0 Å². The van der Waals surface area contributed by atoms with Gasteiger partial charge >= 0.3 is 5.97 Å². The molecule has 0 bridgehead atoms. The molecule has 0 saturated heterocycles. The average molecular weight is 337 g/mol. The van der Waals surface area contributed by atoms with Gasteiger partial charge in [-0.3, -0.25) is 9.59 Å². The molecule has 2 aromatic carbocycles. The number of carbonyl (C=O) groups excluding carboxylic acids is 1. The molecule has 25 heavy (non-hydrogen) atoms. The third kappa shape index (κ3) is 2.56. The van der Waals surface area contributed by atoms with Crippen molar-refractivity contribution >= 4 is 11.9 Å². The molecule has 0 spiro atoms. The van der Waals surface area contributed by atoms with Crippen LogP contribution in [0, 0.1) is 0 Å². The first-order chi connectivity index (χ1) is 12.1. The molecule has 2 atom stereocenters. The Bertz CT molecular complexity index is 826. The van der Waals surface area contributed by atoms with Gasteiger partial charge in [-0.1, -0.05) is 30.3 Å². The lowest BCUT2D eigenvalue weighted by Gasteiger charge is -2.41. The average Bonchev–Trinajstić information content (AvgIpc) is 3.46. The van der Waals surface area contributed by atoms with Gasteiger partial charge in [0.25, 0.3) is 5.91 Å². The number of ether oxygens (including phenoxy) is 1. The van der Waals surface area contributed by atoms with Crippen LogP contribution < -0.4 is 4.74 Å². The molecule has 1 heterocycles. The summed E-state index contributed by atoms with van der Waals surface area (Å²) >= 11 is 0. The Balaban J connectivity index is 1.88. The first kappa shape index (κ1) is 15.7. The maximum absolute atomic E-state index is 13.1. The molecule has 1 saturated carbocycles. The predicted molar refractivity (Wildman–Crippen MR) is 91.7 cm³/mol. The summed E-state index contributed by atoms with van der Waals surface area (Å²) in [4.78, 5) is 27.0. The van der Waals surface area contributed by atoms with Gasteiger partial charge in [-0.2, -0.15) is 0 Å². The standard InChI is InChI=1S/C20H19NO4/c1-25-14-10-6-12(7-11-14)18-17(20(23)24)15-4-2-3-5-16(15)19(22)21(18)13-8-9-13/h2-7,10-11,13,17-18H,8-9H2,1H3,(H,23,24). The first-order valence-electron chi connectivity index (χ1n) is 8.40. The quantitative estimate of drug-likeness (QED) is 0.930.